The van der Waals surface area contributed by atoms with Gasteiger partial charge in [-0.25, -0.2) is 0 Å². The molecule has 1 amide bonds. The van der Waals surface area contributed by atoms with E-state index in [4.69, 9.17) is 0 Å². The summed E-state index contributed by atoms with van der Waals surface area (Å²) in [6, 6.07) is 1.65. The number of aromatic nitrogens is 4. The molecule has 0 saturated carbocycles. The fraction of sp³-hybridized carbons (Fsp3) is 0.300. The SMILES string of the molecule is Cc1c([N+](=O)[O-])cnn1CC(=O)Nc1ccn(C)n1. The zero-order valence-corrected chi connectivity index (χ0v) is 10.4. The molecule has 100 valence electrons. The van der Waals surface area contributed by atoms with Crippen LogP contribution < -0.4 is 5.32 Å². The summed E-state index contributed by atoms with van der Waals surface area (Å²) in [5.41, 5.74) is 0.229. The van der Waals surface area contributed by atoms with Crippen molar-refractivity contribution in [3.63, 3.8) is 0 Å². The van der Waals surface area contributed by atoms with E-state index >= 15 is 0 Å². The van der Waals surface area contributed by atoms with Crippen LogP contribution in [0.25, 0.3) is 0 Å². The van der Waals surface area contributed by atoms with Crippen LogP contribution in [-0.2, 0) is 18.4 Å². The second-order valence-corrected chi connectivity index (χ2v) is 3.95. The van der Waals surface area contributed by atoms with Crippen molar-refractivity contribution < 1.29 is 9.72 Å². The molecule has 2 aromatic rings. The molecule has 0 radical (unpaired) electrons. The topological polar surface area (TPSA) is 108 Å². The molecule has 0 saturated heterocycles. The van der Waals surface area contributed by atoms with Crippen LogP contribution in [0.3, 0.4) is 0 Å². The normalized spacial score (nSPS) is 10.4. The largest absolute Gasteiger partial charge is 0.309 e. The summed E-state index contributed by atoms with van der Waals surface area (Å²) in [7, 11) is 1.73. The Labute approximate surface area is 108 Å². The summed E-state index contributed by atoms with van der Waals surface area (Å²) in [6.07, 6.45) is 2.82. The molecule has 0 aliphatic heterocycles. The maximum Gasteiger partial charge on any atom is 0.309 e. The van der Waals surface area contributed by atoms with Gasteiger partial charge in [0, 0.05) is 19.3 Å². The van der Waals surface area contributed by atoms with E-state index in [0.29, 0.717) is 11.5 Å². The van der Waals surface area contributed by atoms with Crippen LogP contribution in [0.2, 0.25) is 0 Å². The molecular formula is C10H12N6O3. The number of nitrogens with zero attached hydrogens (tertiary/aromatic N) is 5. The number of aryl methyl sites for hydroxylation is 1. The van der Waals surface area contributed by atoms with Crippen molar-refractivity contribution in [1.29, 1.82) is 0 Å². The minimum atomic E-state index is -0.532. The lowest BCUT2D eigenvalue weighted by atomic mass is 10.4. The Morgan fingerprint density at radius 2 is 2.32 bits per heavy atom. The Kier molecular flexibility index (Phi) is 3.27. The molecule has 0 aromatic carbocycles. The third-order valence-corrected chi connectivity index (χ3v) is 2.55. The molecule has 2 aromatic heterocycles. The summed E-state index contributed by atoms with van der Waals surface area (Å²) >= 11 is 0. The van der Waals surface area contributed by atoms with E-state index in [0.717, 1.165) is 6.20 Å². The lowest BCUT2D eigenvalue weighted by Crippen LogP contribution is -2.20. The molecule has 9 nitrogen and oxygen atoms in total. The Morgan fingerprint density at radius 3 is 2.84 bits per heavy atom. The number of nitro groups is 1. The average molecular weight is 264 g/mol. The first-order valence-corrected chi connectivity index (χ1v) is 5.43. The quantitative estimate of drug-likeness (QED) is 0.638. The highest BCUT2D eigenvalue weighted by Gasteiger charge is 2.18. The summed E-state index contributed by atoms with van der Waals surface area (Å²) in [6.45, 7) is 1.44. The lowest BCUT2D eigenvalue weighted by Gasteiger charge is -2.03. The maximum atomic E-state index is 11.7. The van der Waals surface area contributed by atoms with Crippen molar-refractivity contribution in [3.05, 3.63) is 34.3 Å². The molecule has 9 heteroatoms. The molecule has 2 rings (SSSR count). The van der Waals surface area contributed by atoms with Gasteiger partial charge in [-0.15, -0.1) is 0 Å². The Balaban J connectivity index is 2.05. The molecule has 0 atom stereocenters. The predicted molar refractivity (Wildman–Crippen MR) is 65.5 cm³/mol. The average Bonchev–Trinajstić information content (AvgIpc) is 2.87. The summed E-state index contributed by atoms with van der Waals surface area (Å²) < 4.78 is 2.83. The minimum absolute atomic E-state index is 0.101. The van der Waals surface area contributed by atoms with E-state index in [9.17, 15) is 14.9 Å². The highest BCUT2D eigenvalue weighted by Crippen LogP contribution is 2.15. The van der Waals surface area contributed by atoms with Crippen molar-refractivity contribution in [2.75, 3.05) is 5.32 Å². The number of carbonyl (C=O) groups excluding carboxylic acids is 1. The van der Waals surface area contributed by atoms with Crippen LogP contribution in [0, 0.1) is 17.0 Å². The zero-order valence-electron chi connectivity index (χ0n) is 10.4. The highest BCUT2D eigenvalue weighted by molar-refractivity contribution is 5.89. The first kappa shape index (κ1) is 12.7. The van der Waals surface area contributed by atoms with Gasteiger partial charge < -0.3 is 5.32 Å². The standard InChI is InChI=1S/C10H12N6O3/c1-7-8(16(18)19)5-11-15(7)6-10(17)12-9-3-4-14(2)13-9/h3-5H,6H2,1-2H3,(H,12,13,17). The van der Waals surface area contributed by atoms with E-state index < -0.39 is 4.92 Å². The molecular weight excluding hydrogens is 252 g/mol. The van der Waals surface area contributed by atoms with Gasteiger partial charge in [-0.05, 0) is 6.92 Å². The van der Waals surface area contributed by atoms with E-state index in [1.54, 1.807) is 30.9 Å². The fourth-order valence-corrected chi connectivity index (χ4v) is 1.58. The minimum Gasteiger partial charge on any atom is -0.308 e. The van der Waals surface area contributed by atoms with E-state index in [2.05, 4.69) is 15.5 Å². The Hall–Kier alpha value is -2.71. The van der Waals surface area contributed by atoms with Crippen molar-refractivity contribution >= 4 is 17.4 Å². The zero-order chi connectivity index (χ0) is 14.0. The molecule has 2 heterocycles. The van der Waals surface area contributed by atoms with Gasteiger partial charge in [0.15, 0.2) is 5.82 Å². The number of rotatable bonds is 4. The van der Waals surface area contributed by atoms with E-state index in [1.807, 2.05) is 0 Å². The smallest absolute Gasteiger partial charge is 0.308 e. The summed E-state index contributed by atoms with van der Waals surface area (Å²) in [5, 5.41) is 21.0. The van der Waals surface area contributed by atoms with Gasteiger partial charge >= 0.3 is 5.69 Å². The number of hydrogen-bond donors (Lipinski definition) is 1. The van der Waals surface area contributed by atoms with Gasteiger partial charge in [-0.3, -0.25) is 24.3 Å². The first-order chi connectivity index (χ1) is 8.97. The van der Waals surface area contributed by atoms with Crippen molar-refractivity contribution in [2.45, 2.75) is 13.5 Å². The van der Waals surface area contributed by atoms with Gasteiger partial charge in [0.05, 0.1) is 4.92 Å². The van der Waals surface area contributed by atoms with Crippen LogP contribution in [0.4, 0.5) is 11.5 Å². The Bertz CT molecular complexity index is 629. The maximum absolute atomic E-state index is 11.7. The van der Waals surface area contributed by atoms with Crippen molar-refractivity contribution in [2.24, 2.45) is 7.05 Å². The van der Waals surface area contributed by atoms with Gasteiger partial charge in [-0.1, -0.05) is 0 Å². The molecule has 0 fully saturated rings. The fourth-order valence-electron chi connectivity index (χ4n) is 1.58. The second-order valence-electron chi connectivity index (χ2n) is 3.95. The van der Waals surface area contributed by atoms with Crippen LogP contribution in [0.5, 0.6) is 0 Å². The van der Waals surface area contributed by atoms with Crippen LogP contribution in [0.15, 0.2) is 18.5 Å². The monoisotopic (exact) mass is 264 g/mol. The van der Waals surface area contributed by atoms with E-state index in [-0.39, 0.29) is 18.1 Å². The Morgan fingerprint density at radius 1 is 1.58 bits per heavy atom. The third-order valence-electron chi connectivity index (χ3n) is 2.55. The lowest BCUT2D eigenvalue weighted by molar-refractivity contribution is -0.385. The van der Waals surface area contributed by atoms with Gasteiger partial charge in [0.25, 0.3) is 0 Å². The number of carbonyl (C=O) groups is 1. The molecule has 1 N–H and O–H groups in total. The number of nitrogens with one attached hydrogen (secondary N) is 1. The molecule has 0 aliphatic rings. The summed E-state index contributed by atoms with van der Waals surface area (Å²) in [4.78, 5) is 21.9. The second kappa shape index (κ2) is 4.88. The van der Waals surface area contributed by atoms with Crippen LogP contribution in [0.1, 0.15) is 5.69 Å². The molecule has 0 spiro atoms. The van der Waals surface area contributed by atoms with E-state index in [1.165, 1.54) is 4.68 Å². The van der Waals surface area contributed by atoms with Gasteiger partial charge in [-0.2, -0.15) is 10.2 Å². The highest BCUT2D eigenvalue weighted by atomic mass is 16.6. The first-order valence-electron chi connectivity index (χ1n) is 5.43. The molecule has 0 unspecified atom stereocenters. The van der Waals surface area contributed by atoms with Gasteiger partial charge in [0.1, 0.15) is 18.4 Å². The predicted octanol–water partition coefficient (Wildman–Crippen LogP) is 0.472. The van der Waals surface area contributed by atoms with Crippen molar-refractivity contribution in [1.82, 2.24) is 19.6 Å². The molecule has 0 bridgehead atoms. The van der Waals surface area contributed by atoms with Gasteiger partial charge in [0.2, 0.25) is 5.91 Å². The van der Waals surface area contributed by atoms with Crippen LogP contribution in [-0.4, -0.2) is 30.4 Å². The molecule has 19 heavy (non-hydrogen) atoms. The number of anilines is 1. The van der Waals surface area contributed by atoms with Crippen molar-refractivity contribution in [3.8, 4) is 0 Å². The number of hydrogen-bond acceptors (Lipinski definition) is 5. The molecule has 0 aliphatic carbocycles. The number of amides is 1. The summed E-state index contributed by atoms with van der Waals surface area (Å²) in [5.74, 6) is 0.0756. The third kappa shape index (κ3) is 2.76. The van der Waals surface area contributed by atoms with Crippen LogP contribution >= 0.6 is 0 Å².